The number of urea groups is 1. The van der Waals surface area contributed by atoms with Crippen LogP contribution in [0.15, 0.2) is 41.8 Å². The summed E-state index contributed by atoms with van der Waals surface area (Å²) in [4.78, 5) is 40.2. The molecule has 1 atom stereocenters. The topological polar surface area (TPSA) is 78.5 Å². The normalized spacial score (nSPS) is 18.4. The number of aryl methyl sites for hydroxylation is 1. The summed E-state index contributed by atoms with van der Waals surface area (Å²) in [7, 11) is 0. The van der Waals surface area contributed by atoms with E-state index < -0.39 is 5.54 Å². The highest BCUT2D eigenvalue weighted by Crippen LogP contribution is 2.35. The van der Waals surface area contributed by atoms with Crippen molar-refractivity contribution in [3.63, 3.8) is 0 Å². The van der Waals surface area contributed by atoms with Crippen LogP contribution in [-0.4, -0.2) is 34.8 Å². The fraction of sp³-hybridized carbons (Fsp3) is 0.458. The monoisotopic (exact) mass is 439 g/mol. The van der Waals surface area contributed by atoms with Crippen LogP contribution in [0.4, 0.5) is 4.79 Å². The third kappa shape index (κ3) is 4.66. The number of rotatable bonds is 8. The van der Waals surface area contributed by atoms with Crippen LogP contribution in [0.25, 0.3) is 0 Å². The lowest BCUT2D eigenvalue weighted by atomic mass is 9.98. The van der Waals surface area contributed by atoms with Crippen molar-refractivity contribution >= 4 is 29.2 Å². The molecule has 1 aliphatic carbocycles. The zero-order valence-electron chi connectivity index (χ0n) is 17.9. The van der Waals surface area contributed by atoms with Gasteiger partial charge in [0.2, 0.25) is 5.91 Å². The van der Waals surface area contributed by atoms with Crippen LogP contribution in [0.3, 0.4) is 0 Å². The minimum Gasteiger partial charge on any atom is -0.348 e. The van der Waals surface area contributed by atoms with E-state index in [0.29, 0.717) is 6.42 Å². The zero-order valence-corrected chi connectivity index (χ0v) is 18.7. The summed E-state index contributed by atoms with van der Waals surface area (Å²) < 4.78 is 0. The molecular weight excluding hydrogens is 410 g/mol. The van der Waals surface area contributed by atoms with Crippen molar-refractivity contribution in [1.29, 1.82) is 0 Å². The van der Waals surface area contributed by atoms with Gasteiger partial charge < -0.3 is 10.6 Å². The molecule has 1 aliphatic heterocycles. The minimum atomic E-state index is -0.684. The maximum Gasteiger partial charge on any atom is 0.325 e. The fourth-order valence-corrected chi connectivity index (χ4v) is 5.64. The second-order valence-electron chi connectivity index (χ2n) is 8.56. The molecule has 1 aromatic carbocycles. The van der Waals surface area contributed by atoms with Crippen LogP contribution in [0, 0.1) is 6.92 Å². The number of imide groups is 1. The van der Waals surface area contributed by atoms with Gasteiger partial charge in [-0.25, -0.2) is 4.79 Å². The summed E-state index contributed by atoms with van der Waals surface area (Å²) in [5.74, 6) is -0.178. The van der Waals surface area contributed by atoms with E-state index in [1.165, 1.54) is 16.0 Å². The molecule has 2 heterocycles. The smallest absolute Gasteiger partial charge is 0.325 e. The first-order valence-corrected chi connectivity index (χ1v) is 11.9. The first-order valence-electron chi connectivity index (χ1n) is 11.0. The van der Waals surface area contributed by atoms with Gasteiger partial charge in [-0.15, -0.1) is 11.3 Å². The van der Waals surface area contributed by atoms with Crippen LogP contribution >= 0.6 is 11.3 Å². The van der Waals surface area contributed by atoms with Crippen molar-refractivity contribution in [1.82, 2.24) is 15.5 Å². The first-order chi connectivity index (χ1) is 15.0. The highest BCUT2D eigenvalue weighted by Gasteiger charge is 2.52. The Hall–Kier alpha value is -2.67. The van der Waals surface area contributed by atoms with E-state index in [0.717, 1.165) is 37.0 Å². The average Bonchev–Trinajstić information content (AvgIpc) is 3.45. The van der Waals surface area contributed by atoms with E-state index in [2.05, 4.69) is 35.8 Å². The number of nitrogens with one attached hydrogen (secondary N) is 2. The van der Waals surface area contributed by atoms with Crippen LogP contribution in [0.1, 0.15) is 60.6 Å². The van der Waals surface area contributed by atoms with E-state index in [9.17, 15) is 14.4 Å². The maximum absolute atomic E-state index is 12.7. The van der Waals surface area contributed by atoms with Gasteiger partial charge in [0.1, 0.15) is 5.54 Å². The molecule has 1 saturated carbocycles. The van der Waals surface area contributed by atoms with Crippen molar-refractivity contribution in [2.45, 2.75) is 63.5 Å². The first kappa shape index (κ1) is 21.6. The molecule has 2 aromatic rings. The van der Waals surface area contributed by atoms with Crippen molar-refractivity contribution in [3.8, 4) is 0 Å². The third-order valence-corrected chi connectivity index (χ3v) is 7.46. The third-order valence-electron chi connectivity index (χ3n) is 6.32. The molecule has 1 unspecified atom stereocenters. The molecule has 0 radical (unpaired) electrons. The Morgan fingerprint density at radius 2 is 1.94 bits per heavy atom. The number of carbonyl (C=O) groups is 3. The van der Waals surface area contributed by atoms with Crippen LogP contribution < -0.4 is 10.6 Å². The van der Waals surface area contributed by atoms with Gasteiger partial charge in [0.05, 0.1) is 6.04 Å². The van der Waals surface area contributed by atoms with Gasteiger partial charge in [0.15, 0.2) is 0 Å². The van der Waals surface area contributed by atoms with Gasteiger partial charge in [-0.3, -0.25) is 14.5 Å². The van der Waals surface area contributed by atoms with E-state index >= 15 is 0 Å². The molecule has 6 nitrogen and oxygen atoms in total. The molecule has 1 spiro atoms. The molecule has 4 amide bonds. The quantitative estimate of drug-likeness (QED) is 0.608. The van der Waals surface area contributed by atoms with Gasteiger partial charge >= 0.3 is 6.03 Å². The second-order valence-corrected chi connectivity index (χ2v) is 9.51. The summed E-state index contributed by atoms with van der Waals surface area (Å²) in [6, 6.07) is 11.8. The number of amides is 4. The molecule has 1 saturated heterocycles. The Balaban J connectivity index is 1.33. The molecule has 2 N–H and O–H groups in total. The largest absolute Gasteiger partial charge is 0.348 e. The van der Waals surface area contributed by atoms with Gasteiger partial charge in [-0.05, 0) is 55.2 Å². The lowest BCUT2D eigenvalue weighted by Gasteiger charge is -2.20. The lowest BCUT2D eigenvalue weighted by Crippen LogP contribution is -2.44. The second kappa shape index (κ2) is 9.22. The fourth-order valence-electron chi connectivity index (χ4n) is 4.66. The highest BCUT2D eigenvalue weighted by molar-refractivity contribution is 7.10. The average molecular weight is 440 g/mol. The lowest BCUT2D eigenvalue weighted by molar-refractivity contribution is -0.131. The minimum absolute atomic E-state index is 0.0589. The molecule has 2 aliphatic rings. The molecule has 1 aromatic heterocycles. The van der Waals surface area contributed by atoms with Gasteiger partial charge in [-0.1, -0.05) is 43.2 Å². The number of thiophene rings is 1. The Morgan fingerprint density at radius 1 is 1.19 bits per heavy atom. The van der Waals surface area contributed by atoms with Crippen molar-refractivity contribution < 1.29 is 14.4 Å². The molecule has 4 rings (SSSR count). The van der Waals surface area contributed by atoms with Crippen molar-refractivity contribution in [2.75, 3.05) is 6.54 Å². The van der Waals surface area contributed by atoms with E-state index in [1.807, 2.05) is 23.6 Å². The van der Waals surface area contributed by atoms with E-state index in [-0.39, 0.29) is 36.9 Å². The van der Waals surface area contributed by atoms with Gasteiger partial charge in [-0.2, -0.15) is 0 Å². The van der Waals surface area contributed by atoms with Crippen molar-refractivity contribution in [3.05, 3.63) is 57.8 Å². The predicted molar refractivity (Wildman–Crippen MR) is 121 cm³/mol. The molecule has 2 fully saturated rings. The number of hydrogen-bond acceptors (Lipinski definition) is 4. The van der Waals surface area contributed by atoms with Crippen LogP contribution in [-0.2, 0) is 16.0 Å². The Kier molecular flexibility index (Phi) is 6.41. The predicted octanol–water partition coefficient (Wildman–Crippen LogP) is 4.10. The summed E-state index contributed by atoms with van der Waals surface area (Å²) in [5.41, 5.74) is 1.66. The standard InChI is InChI=1S/C24H29N3O3S/c1-17-11-15-31-21(17)19(16-18-8-3-2-4-9-18)25-20(28)10-7-14-27-22(29)24(26-23(27)30)12-5-6-13-24/h2-4,8-9,11,15,19H,5-7,10,12-14,16H2,1H3,(H,25,28)(H,26,30). The SMILES string of the molecule is Cc1ccsc1C(Cc1ccccc1)NC(=O)CCCN1C(=O)NC2(CCCC2)C1=O. The van der Waals surface area contributed by atoms with E-state index in [1.54, 1.807) is 11.3 Å². The number of hydrogen-bond donors (Lipinski definition) is 2. The van der Waals surface area contributed by atoms with E-state index in [4.69, 9.17) is 0 Å². The summed E-state index contributed by atoms with van der Waals surface area (Å²) in [6.45, 7) is 2.34. The van der Waals surface area contributed by atoms with Gasteiger partial charge in [0, 0.05) is 17.8 Å². The highest BCUT2D eigenvalue weighted by atomic mass is 32.1. The Labute approximate surface area is 187 Å². The molecule has 7 heteroatoms. The summed E-state index contributed by atoms with van der Waals surface area (Å²) in [6.07, 6.45) is 4.83. The summed E-state index contributed by atoms with van der Waals surface area (Å²) in [5, 5.41) is 8.11. The number of nitrogens with zero attached hydrogens (tertiary/aromatic N) is 1. The number of carbonyl (C=O) groups excluding carboxylic acids is 3. The van der Waals surface area contributed by atoms with Crippen LogP contribution in [0.2, 0.25) is 0 Å². The Bertz CT molecular complexity index is 950. The summed E-state index contributed by atoms with van der Waals surface area (Å²) >= 11 is 1.65. The van der Waals surface area contributed by atoms with Crippen LogP contribution in [0.5, 0.6) is 0 Å². The molecule has 31 heavy (non-hydrogen) atoms. The molecule has 164 valence electrons. The maximum atomic E-state index is 12.7. The Morgan fingerprint density at radius 3 is 2.61 bits per heavy atom. The molecular formula is C24H29N3O3S. The zero-order chi connectivity index (χ0) is 21.8. The number of benzene rings is 1. The van der Waals surface area contributed by atoms with Gasteiger partial charge in [0.25, 0.3) is 5.91 Å². The molecule has 0 bridgehead atoms. The van der Waals surface area contributed by atoms with Crippen molar-refractivity contribution in [2.24, 2.45) is 0 Å².